The molecule has 0 amide bonds. The molecule has 1 aromatic rings. The predicted octanol–water partition coefficient (Wildman–Crippen LogP) is 4.14. The van der Waals surface area contributed by atoms with Gasteiger partial charge in [-0.15, -0.1) is 0 Å². The molecule has 1 heterocycles. The number of aromatic nitrogens is 2. The van der Waals surface area contributed by atoms with Gasteiger partial charge in [0, 0.05) is 6.54 Å². The molecule has 21 heavy (non-hydrogen) atoms. The van der Waals surface area contributed by atoms with Gasteiger partial charge in [-0.2, -0.15) is 5.10 Å². The number of halogens is 1. The second-order valence-electron chi connectivity index (χ2n) is 7.70. The minimum absolute atomic E-state index is 0.447. The fourth-order valence-corrected chi connectivity index (χ4v) is 6.70. The Labute approximate surface area is 136 Å². The first-order valence-corrected chi connectivity index (χ1v) is 9.33. The highest BCUT2D eigenvalue weighted by molar-refractivity contribution is 9.10. The highest BCUT2D eigenvalue weighted by Gasteiger charge is 2.55. The molecule has 4 saturated carbocycles. The van der Waals surface area contributed by atoms with E-state index in [-0.39, 0.29) is 0 Å². The third-order valence-corrected chi connectivity index (χ3v) is 7.00. The number of nitrogens with zero attached hydrogens (tertiary/aromatic N) is 2. The van der Waals surface area contributed by atoms with Crippen molar-refractivity contribution in [2.24, 2.45) is 23.2 Å². The van der Waals surface area contributed by atoms with E-state index in [4.69, 9.17) is 0 Å². The molecule has 0 radical (unpaired) electrons. The Bertz CT molecular complexity index is 501. The largest absolute Gasteiger partial charge is 0.311 e. The van der Waals surface area contributed by atoms with Gasteiger partial charge in [-0.05, 0) is 91.6 Å². The summed E-state index contributed by atoms with van der Waals surface area (Å²) in [5.74, 6) is 2.97. The maximum Gasteiger partial charge on any atom is 0.0701 e. The Morgan fingerprint density at radius 1 is 1.29 bits per heavy atom. The number of hydrogen-bond acceptors (Lipinski definition) is 2. The highest BCUT2D eigenvalue weighted by Crippen LogP contribution is 2.64. The van der Waals surface area contributed by atoms with Crippen LogP contribution < -0.4 is 5.32 Å². The summed E-state index contributed by atoms with van der Waals surface area (Å²) in [6.45, 7) is 3.14. The zero-order chi connectivity index (χ0) is 14.6. The van der Waals surface area contributed by atoms with Crippen LogP contribution in [0.1, 0.15) is 57.2 Å². The molecule has 4 heteroatoms. The molecular formula is C17H26BrN3. The lowest BCUT2D eigenvalue weighted by atomic mass is 9.47. The van der Waals surface area contributed by atoms with Crippen molar-refractivity contribution in [1.82, 2.24) is 15.1 Å². The van der Waals surface area contributed by atoms with Gasteiger partial charge in [0.1, 0.15) is 0 Å². The van der Waals surface area contributed by atoms with Crippen LogP contribution in [0, 0.1) is 23.2 Å². The fraction of sp³-hybridized carbons (Fsp3) is 0.824. The van der Waals surface area contributed by atoms with Gasteiger partial charge < -0.3 is 5.32 Å². The second-order valence-corrected chi connectivity index (χ2v) is 8.55. The predicted molar refractivity (Wildman–Crippen MR) is 88.0 cm³/mol. The Balaban J connectivity index is 1.74. The molecule has 4 aliphatic rings. The molecule has 4 bridgehead atoms. The van der Waals surface area contributed by atoms with Crippen molar-refractivity contribution in [2.75, 3.05) is 7.05 Å². The molecule has 4 fully saturated rings. The number of rotatable bonds is 4. The zero-order valence-corrected chi connectivity index (χ0v) is 14.7. The monoisotopic (exact) mass is 351 g/mol. The van der Waals surface area contributed by atoms with E-state index in [9.17, 15) is 0 Å². The van der Waals surface area contributed by atoms with Crippen molar-refractivity contribution < 1.29 is 0 Å². The lowest BCUT2D eigenvalue weighted by Crippen LogP contribution is -2.51. The Kier molecular flexibility index (Phi) is 3.45. The van der Waals surface area contributed by atoms with Crippen LogP contribution in [0.25, 0.3) is 0 Å². The van der Waals surface area contributed by atoms with Crippen molar-refractivity contribution >= 4 is 15.9 Å². The average Bonchev–Trinajstić information content (AvgIpc) is 2.79. The second kappa shape index (κ2) is 5.09. The molecule has 0 spiro atoms. The van der Waals surface area contributed by atoms with E-state index in [0.29, 0.717) is 11.5 Å². The summed E-state index contributed by atoms with van der Waals surface area (Å²) in [7, 11) is 2.14. The zero-order valence-electron chi connectivity index (χ0n) is 13.1. The van der Waals surface area contributed by atoms with Crippen LogP contribution in [-0.4, -0.2) is 16.8 Å². The summed E-state index contributed by atoms with van der Waals surface area (Å²) >= 11 is 3.76. The third-order valence-electron chi connectivity index (χ3n) is 6.39. The summed E-state index contributed by atoms with van der Waals surface area (Å²) in [4.78, 5) is 0. The van der Waals surface area contributed by atoms with E-state index in [2.05, 4.69) is 45.0 Å². The molecule has 4 aliphatic carbocycles. The van der Waals surface area contributed by atoms with Gasteiger partial charge in [0.05, 0.1) is 22.4 Å². The lowest BCUT2D eigenvalue weighted by molar-refractivity contribution is -0.0751. The van der Waals surface area contributed by atoms with Gasteiger partial charge in [-0.1, -0.05) is 0 Å². The highest BCUT2D eigenvalue weighted by atomic mass is 79.9. The summed E-state index contributed by atoms with van der Waals surface area (Å²) in [5, 5.41) is 8.25. The van der Waals surface area contributed by atoms with Crippen molar-refractivity contribution in [1.29, 1.82) is 0 Å². The van der Waals surface area contributed by atoms with Crippen molar-refractivity contribution in [2.45, 2.75) is 58.0 Å². The van der Waals surface area contributed by atoms with Gasteiger partial charge in [-0.3, -0.25) is 4.68 Å². The number of nitrogens with one attached hydrogen (secondary N) is 1. The Morgan fingerprint density at radius 2 is 1.86 bits per heavy atom. The van der Waals surface area contributed by atoms with Gasteiger partial charge in [-0.25, -0.2) is 0 Å². The summed E-state index contributed by atoms with van der Waals surface area (Å²) in [6.07, 6.45) is 10.8. The van der Waals surface area contributed by atoms with Crippen LogP contribution in [-0.2, 0) is 6.54 Å². The van der Waals surface area contributed by atoms with Crippen LogP contribution in [0.2, 0.25) is 0 Å². The molecule has 0 aromatic carbocycles. The van der Waals surface area contributed by atoms with Crippen molar-refractivity contribution in [3.8, 4) is 0 Å². The molecule has 1 atom stereocenters. The first-order valence-electron chi connectivity index (χ1n) is 8.53. The standard InChI is InChI=1S/C17H26BrN3/c1-3-21-15(14(18)10-20-21)16(19-2)17-7-11-4-12(8-17)6-13(5-11)9-17/h10-13,16,19H,3-9H2,1-2H3. The van der Waals surface area contributed by atoms with Crippen molar-refractivity contribution in [3.63, 3.8) is 0 Å². The molecular weight excluding hydrogens is 326 g/mol. The first-order chi connectivity index (χ1) is 10.1. The van der Waals surface area contributed by atoms with E-state index in [1.165, 1.54) is 48.7 Å². The van der Waals surface area contributed by atoms with Gasteiger partial charge >= 0.3 is 0 Å². The average molecular weight is 352 g/mol. The first kappa shape index (κ1) is 14.3. The Morgan fingerprint density at radius 3 is 2.33 bits per heavy atom. The van der Waals surface area contributed by atoms with Gasteiger partial charge in [0.2, 0.25) is 0 Å². The SMILES string of the molecule is CCn1ncc(Br)c1C(NC)C12CC3CC(CC(C3)C1)C2. The molecule has 0 aliphatic heterocycles. The maximum absolute atomic E-state index is 4.56. The van der Waals surface area contributed by atoms with Gasteiger partial charge in [0.25, 0.3) is 0 Å². The van der Waals surface area contributed by atoms with E-state index >= 15 is 0 Å². The summed E-state index contributed by atoms with van der Waals surface area (Å²) in [6, 6.07) is 0.447. The topological polar surface area (TPSA) is 29.9 Å². The molecule has 5 rings (SSSR count). The smallest absolute Gasteiger partial charge is 0.0701 e. The molecule has 1 unspecified atom stereocenters. The molecule has 1 aromatic heterocycles. The molecule has 116 valence electrons. The normalized spacial score (nSPS) is 38.9. The van der Waals surface area contributed by atoms with E-state index in [0.717, 1.165) is 24.3 Å². The number of aryl methyl sites for hydroxylation is 1. The number of hydrogen-bond donors (Lipinski definition) is 1. The van der Waals surface area contributed by atoms with Crippen LogP contribution in [0.15, 0.2) is 10.7 Å². The molecule has 1 N–H and O–H groups in total. The Hall–Kier alpha value is -0.350. The van der Waals surface area contributed by atoms with Crippen LogP contribution in [0.4, 0.5) is 0 Å². The van der Waals surface area contributed by atoms with Crippen LogP contribution in [0.3, 0.4) is 0 Å². The van der Waals surface area contributed by atoms with Crippen molar-refractivity contribution in [3.05, 3.63) is 16.4 Å². The summed E-state index contributed by atoms with van der Waals surface area (Å²) in [5.41, 5.74) is 1.85. The van der Waals surface area contributed by atoms with Crippen LogP contribution in [0.5, 0.6) is 0 Å². The van der Waals surface area contributed by atoms with Crippen LogP contribution >= 0.6 is 15.9 Å². The van der Waals surface area contributed by atoms with Gasteiger partial charge in [0.15, 0.2) is 0 Å². The minimum Gasteiger partial charge on any atom is -0.311 e. The molecule has 3 nitrogen and oxygen atoms in total. The quantitative estimate of drug-likeness (QED) is 0.883. The third kappa shape index (κ3) is 2.13. The van der Waals surface area contributed by atoms with E-state index in [1.807, 2.05) is 6.20 Å². The molecule has 0 saturated heterocycles. The fourth-order valence-electron chi connectivity index (χ4n) is 6.18. The van der Waals surface area contributed by atoms with E-state index < -0.39 is 0 Å². The maximum atomic E-state index is 4.56. The lowest BCUT2D eigenvalue weighted by Gasteiger charge is -2.59. The minimum atomic E-state index is 0.447. The van der Waals surface area contributed by atoms with E-state index in [1.54, 1.807) is 0 Å². The summed E-state index contributed by atoms with van der Waals surface area (Å²) < 4.78 is 3.36.